The summed E-state index contributed by atoms with van der Waals surface area (Å²) in [5.74, 6) is 0.864. The Balaban J connectivity index is 1.57. The summed E-state index contributed by atoms with van der Waals surface area (Å²) in [4.78, 5) is 14.7. The van der Waals surface area contributed by atoms with Crippen molar-refractivity contribution in [1.82, 2.24) is 14.6 Å². The van der Waals surface area contributed by atoms with Crippen molar-refractivity contribution in [1.29, 1.82) is 0 Å². The molecule has 0 radical (unpaired) electrons. The molecule has 0 N–H and O–H groups in total. The third-order valence-electron chi connectivity index (χ3n) is 4.59. The molecule has 1 unspecified atom stereocenters. The summed E-state index contributed by atoms with van der Waals surface area (Å²) in [6, 6.07) is 9.63. The highest BCUT2D eigenvalue weighted by atomic mass is 35.5. The Morgan fingerprint density at radius 3 is 3.04 bits per heavy atom. The molecule has 1 aliphatic rings. The van der Waals surface area contributed by atoms with Crippen LogP contribution in [0.1, 0.15) is 30.3 Å². The SMILES string of the molecule is Cc1cc(C2CCCN2C(=O)Cn2ccc3ccc(Cl)cc32)on1. The van der Waals surface area contributed by atoms with Gasteiger partial charge in [0.25, 0.3) is 0 Å². The van der Waals surface area contributed by atoms with Gasteiger partial charge in [0, 0.05) is 29.3 Å². The molecule has 3 heterocycles. The maximum Gasteiger partial charge on any atom is 0.243 e. The second kappa shape index (κ2) is 5.98. The fourth-order valence-corrected chi connectivity index (χ4v) is 3.60. The van der Waals surface area contributed by atoms with E-state index >= 15 is 0 Å². The first-order valence-electron chi connectivity index (χ1n) is 8.09. The third-order valence-corrected chi connectivity index (χ3v) is 4.82. The molecular formula is C18H18ClN3O2. The van der Waals surface area contributed by atoms with Crippen molar-refractivity contribution in [3.8, 4) is 0 Å². The lowest BCUT2D eigenvalue weighted by Crippen LogP contribution is -2.33. The molecule has 1 aromatic carbocycles. The normalized spacial score (nSPS) is 17.8. The van der Waals surface area contributed by atoms with Crippen molar-refractivity contribution < 1.29 is 9.32 Å². The number of carbonyl (C=O) groups excluding carboxylic acids is 1. The van der Waals surface area contributed by atoms with Gasteiger partial charge in [-0.2, -0.15) is 0 Å². The number of hydrogen-bond acceptors (Lipinski definition) is 3. The van der Waals surface area contributed by atoms with Crippen molar-refractivity contribution in [3.05, 3.63) is 53.0 Å². The van der Waals surface area contributed by atoms with Crippen molar-refractivity contribution in [2.24, 2.45) is 0 Å². The van der Waals surface area contributed by atoms with Crippen molar-refractivity contribution in [2.45, 2.75) is 32.4 Å². The summed E-state index contributed by atoms with van der Waals surface area (Å²) >= 11 is 6.09. The Hall–Kier alpha value is -2.27. The van der Waals surface area contributed by atoms with E-state index in [4.69, 9.17) is 16.1 Å². The topological polar surface area (TPSA) is 51.3 Å². The molecule has 0 spiro atoms. The van der Waals surface area contributed by atoms with Gasteiger partial charge in [-0.15, -0.1) is 0 Å². The molecule has 24 heavy (non-hydrogen) atoms. The van der Waals surface area contributed by atoms with E-state index in [-0.39, 0.29) is 11.9 Å². The number of hydrogen-bond donors (Lipinski definition) is 0. The van der Waals surface area contributed by atoms with E-state index in [1.54, 1.807) is 0 Å². The van der Waals surface area contributed by atoms with Gasteiger partial charge in [0.05, 0.1) is 11.7 Å². The summed E-state index contributed by atoms with van der Waals surface area (Å²) in [5, 5.41) is 5.70. The number of aromatic nitrogens is 2. The van der Waals surface area contributed by atoms with Gasteiger partial charge in [-0.25, -0.2) is 0 Å². The number of amides is 1. The van der Waals surface area contributed by atoms with Crippen LogP contribution < -0.4 is 0 Å². The monoisotopic (exact) mass is 343 g/mol. The van der Waals surface area contributed by atoms with E-state index in [1.165, 1.54) is 0 Å². The molecule has 3 aromatic rings. The van der Waals surface area contributed by atoms with Crippen LogP contribution in [0.15, 0.2) is 41.1 Å². The smallest absolute Gasteiger partial charge is 0.243 e. The number of benzene rings is 1. The molecule has 1 saturated heterocycles. The minimum atomic E-state index is -0.0101. The third kappa shape index (κ3) is 2.69. The zero-order valence-corrected chi connectivity index (χ0v) is 14.2. The van der Waals surface area contributed by atoms with Gasteiger partial charge in [0.2, 0.25) is 5.91 Å². The van der Waals surface area contributed by atoms with Gasteiger partial charge in [-0.05, 0) is 43.4 Å². The van der Waals surface area contributed by atoms with Gasteiger partial charge < -0.3 is 14.0 Å². The standard InChI is InChI=1S/C18H18ClN3O2/c1-12-9-17(24-20-12)15-3-2-7-22(15)18(23)11-21-8-6-13-4-5-14(19)10-16(13)21/h4-6,8-10,15H,2-3,7,11H2,1H3. The van der Waals surface area contributed by atoms with E-state index in [0.29, 0.717) is 11.6 Å². The highest BCUT2D eigenvalue weighted by Gasteiger charge is 2.32. The molecule has 1 amide bonds. The molecule has 124 valence electrons. The number of aryl methyl sites for hydroxylation is 1. The first-order valence-corrected chi connectivity index (χ1v) is 8.47. The minimum absolute atomic E-state index is 0.0101. The molecule has 0 bridgehead atoms. The zero-order chi connectivity index (χ0) is 16.7. The summed E-state index contributed by atoms with van der Waals surface area (Å²) < 4.78 is 7.33. The van der Waals surface area contributed by atoms with Crippen LogP contribution in [0.5, 0.6) is 0 Å². The van der Waals surface area contributed by atoms with Crippen molar-refractivity contribution in [2.75, 3.05) is 6.54 Å². The molecular weight excluding hydrogens is 326 g/mol. The second-order valence-corrected chi connectivity index (χ2v) is 6.70. The molecule has 4 rings (SSSR count). The van der Waals surface area contributed by atoms with E-state index in [1.807, 2.05) is 52.9 Å². The van der Waals surface area contributed by atoms with Crippen LogP contribution in [0, 0.1) is 6.92 Å². The molecule has 1 aliphatic heterocycles. The average Bonchev–Trinajstić information content (AvgIpc) is 3.27. The Kier molecular flexibility index (Phi) is 3.81. The van der Waals surface area contributed by atoms with Gasteiger partial charge in [-0.1, -0.05) is 22.8 Å². The Morgan fingerprint density at radius 2 is 2.25 bits per heavy atom. The van der Waals surface area contributed by atoms with Gasteiger partial charge in [0.1, 0.15) is 6.54 Å². The number of fused-ring (bicyclic) bond motifs is 1. The van der Waals surface area contributed by atoms with Gasteiger partial charge >= 0.3 is 0 Å². The maximum absolute atomic E-state index is 12.8. The highest BCUT2D eigenvalue weighted by molar-refractivity contribution is 6.31. The molecule has 0 aliphatic carbocycles. The lowest BCUT2D eigenvalue weighted by atomic mass is 10.1. The van der Waals surface area contributed by atoms with Crippen molar-refractivity contribution in [3.63, 3.8) is 0 Å². The van der Waals surface area contributed by atoms with Crippen LogP contribution in [0.2, 0.25) is 5.02 Å². The predicted molar refractivity (Wildman–Crippen MR) is 91.9 cm³/mol. The zero-order valence-electron chi connectivity index (χ0n) is 13.4. The highest BCUT2D eigenvalue weighted by Crippen LogP contribution is 2.32. The van der Waals surface area contributed by atoms with Gasteiger partial charge in [-0.3, -0.25) is 4.79 Å². The fourth-order valence-electron chi connectivity index (χ4n) is 3.43. The Labute approximate surface area is 144 Å². The first kappa shape index (κ1) is 15.3. The lowest BCUT2D eigenvalue weighted by molar-refractivity contribution is -0.133. The molecule has 1 atom stereocenters. The number of nitrogens with zero attached hydrogens (tertiary/aromatic N) is 3. The van der Waals surface area contributed by atoms with Crippen LogP contribution in [-0.4, -0.2) is 27.1 Å². The van der Waals surface area contributed by atoms with Crippen LogP contribution in [0.4, 0.5) is 0 Å². The largest absolute Gasteiger partial charge is 0.359 e. The van der Waals surface area contributed by atoms with E-state index < -0.39 is 0 Å². The van der Waals surface area contributed by atoms with Crippen molar-refractivity contribution >= 4 is 28.4 Å². The molecule has 6 heteroatoms. The Bertz CT molecular complexity index is 899. The van der Waals surface area contributed by atoms with Crippen LogP contribution in [-0.2, 0) is 11.3 Å². The molecule has 5 nitrogen and oxygen atoms in total. The van der Waals surface area contributed by atoms with Gasteiger partial charge in [0.15, 0.2) is 5.76 Å². The summed E-state index contributed by atoms with van der Waals surface area (Å²) in [7, 11) is 0. The van der Waals surface area contributed by atoms with Crippen LogP contribution in [0.25, 0.3) is 10.9 Å². The summed E-state index contributed by atoms with van der Waals surface area (Å²) in [6.45, 7) is 2.94. The molecule has 0 saturated carbocycles. The van der Waals surface area contributed by atoms with E-state index in [2.05, 4.69) is 5.16 Å². The van der Waals surface area contributed by atoms with Crippen LogP contribution >= 0.6 is 11.6 Å². The number of carbonyl (C=O) groups is 1. The Morgan fingerprint density at radius 1 is 1.38 bits per heavy atom. The lowest BCUT2D eigenvalue weighted by Gasteiger charge is -2.23. The quantitative estimate of drug-likeness (QED) is 0.723. The molecule has 2 aromatic heterocycles. The number of halogens is 1. The minimum Gasteiger partial charge on any atom is -0.359 e. The van der Waals surface area contributed by atoms with Crippen LogP contribution in [0.3, 0.4) is 0 Å². The fraction of sp³-hybridized carbons (Fsp3) is 0.333. The average molecular weight is 344 g/mol. The summed E-state index contributed by atoms with van der Waals surface area (Å²) in [6.07, 6.45) is 3.83. The summed E-state index contributed by atoms with van der Waals surface area (Å²) in [5.41, 5.74) is 1.82. The maximum atomic E-state index is 12.8. The number of likely N-dealkylation sites (tertiary alicyclic amines) is 1. The first-order chi connectivity index (χ1) is 11.6. The van der Waals surface area contributed by atoms with E-state index in [9.17, 15) is 4.79 Å². The van der Waals surface area contributed by atoms with E-state index in [0.717, 1.165) is 41.7 Å². The number of rotatable bonds is 3. The predicted octanol–water partition coefficient (Wildman–Crippen LogP) is 3.95. The second-order valence-electron chi connectivity index (χ2n) is 6.26. The molecule has 1 fully saturated rings.